The van der Waals surface area contributed by atoms with Crippen molar-refractivity contribution < 1.29 is 14.3 Å². The summed E-state index contributed by atoms with van der Waals surface area (Å²) in [5.41, 5.74) is 0.964. The van der Waals surface area contributed by atoms with E-state index in [9.17, 15) is 9.59 Å². The number of hydrogen-bond donors (Lipinski definition) is 1. The van der Waals surface area contributed by atoms with Crippen molar-refractivity contribution in [3.05, 3.63) is 57.8 Å². The van der Waals surface area contributed by atoms with Crippen LogP contribution in [0.15, 0.2) is 52.4 Å². The van der Waals surface area contributed by atoms with Crippen LogP contribution in [0.1, 0.15) is 19.8 Å². The Labute approximate surface area is 195 Å². The molecule has 1 aliphatic rings. The van der Waals surface area contributed by atoms with E-state index in [2.05, 4.69) is 5.32 Å². The summed E-state index contributed by atoms with van der Waals surface area (Å²) in [4.78, 5) is 30.9. The van der Waals surface area contributed by atoms with Crippen molar-refractivity contribution in [2.75, 3.05) is 19.0 Å². The van der Waals surface area contributed by atoms with Crippen LogP contribution < -0.4 is 15.6 Å². The number of amides is 1. The van der Waals surface area contributed by atoms with Crippen molar-refractivity contribution in [3.63, 3.8) is 0 Å². The predicted molar refractivity (Wildman–Crippen MR) is 127 cm³/mol. The Balaban J connectivity index is 1.61. The second kappa shape index (κ2) is 9.94. The van der Waals surface area contributed by atoms with Gasteiger partial charge >= 0.3 is 0 Å². The summed E-state index contributed by atoms with van der Waals surface area (Å²) in [5, 5.41) is 3.86. The maximum absolute atomic E-state index is 13.2. The first-order chi connectivity index (χ1) is 15.5. The fourth-order valence-corrected chi connectivity index (χ4v) is 4.70. The van der Waals surface area contributed by atoms with E-state index in [0.29, 0.717) is 45.7 Å². The number of ether oxygens (including phenoxy) is 2. The highest BCUT2D eigenvalue weighted by atomic mass is 35.5. The number of halogens is 1. The zero-order chi connectivity index (χ0) is 22.7. The molecule has 0 radical (unpaired) electrons. The topological polar surface area (TPSA) is 82.5 Å². The van der Waals surface area contributed by atoms with E-state index in [4.69, 9.17) is 26.1 Å². The van der Waals surface area contributed by atoms with Gasteiger partial charge in [0.2, 0.25) is 5.91 Å². The van der Waals surface area contributed by atoms with Gasteiger partial charge in [0.1, 0.15) is 5.75 Å². The van der Waals surface area contributed by atoms with Gasteiger partial charge in [0.25, 0.3) is 5.56 Å². The number of fused-ring (bicyclic) bond motifs is 1. The van der Waals surface area contributed by atoms with E-state index in [-0.39, 0.29) is 17.6 Å². The lowest BCUT2D eigenvalue weighted by atomic mass is 10.2. The lowest BCUT2D eigenvalue weighted by molar-refractivity contribution is -0.115. The molecule has 1 fully saturated rings. The number of methoxy groups -OCH3 is 1. The van der Waals surface area contributed by atoms with Crippen LogP contribution in [-0.2, 0) is 16.1 Å². The number of nitrogens with one attached hydrogen (secondary N) is 1. The summed E-state index contributed by atoms with van der Waals surface area (Å²) < 4.78 is 12.7. The summed E-state index contributed by atoms with van der Waals surface area (Å²) in [5.74, 6) is 0.265. The summed E-state index contributed by atoms with van der Waals surface area (Å²) in [6.07, 6.45) is 1.84. The maximum atomic E-state index is 13.2. The van der Waals surface area contributed by atoms with Crippen LogP contribution in [0.4, 0.5) is 5.69 Å². The third kappa shape index (κ3) is 4.92. The Morgan fingerprint density at radius 1 is 1.38 bits per heavy atom. The summed E-state index contributed by atoms with van der Waals surface area (Å²) in [7, 11) is 1.53. The number of para-hydroxylation sites is 1. The Morgan fingerprint density at radius 2 is 2.19 bits per heavy atom. The van der Waals surface area contributed by atoms with E-state index in [1.807, 2.05) is 12.1 Å². The molecule has 1 aromatic heterocycles. The molecular formula is C23H24ClN3O4S. The van der Waals surface area contributed by atoms with Gasteiger partial charge in [-0.05, 0) is 50.1 Å². The number of rotatable bonds is 7. The van der Waals surface area contributed by atoms with Gasteiger partial charge in [0.05, 0.1) is 41.6 Å². The number of benzene rings is 2. The van der Waals surface area contributed by atoms with Crippen LogP contribution >= 0.6 is 23.4 Å². The van der Waals surface area contributed by atoms with Crippen molar-refractivity contribution in [3.8, 4) is 5.75 Å². The minimum absolute atomic E-state index is 0.0325. The number of thioether (sulfide) groups is 1. The molecule has 2 aromatic carbocycles. The smallest absolute Gasteiger partial charge is 0.262 e. The zero-order valence-electron chi connectivity index (χ0n) is 17.8. The first-order valence-corrected chi connectivity index (χ1v) is 11.6. The molecule has 4 rings (SSSR count). The van der Waals surface area contributed by atoms with Crippen molar-refractivity contribution in [2.24, 2.45) is 0 Å². The second-order valence-electron chi connectivity index (χ2n) is 7.56. The van der Waals surface area contributed by atoms with Gasteiger partial charge in [0, 0.05) is 11.6 Å². The third-order valence-electron chi connectivity index (χ3n) is 5.31. The van der Waals surface area contributed by atoms with E-state index in [0.717, 1.165) is 12.8 Å². The molecule has 1 saturated heterocycles. The molecule has 0 spiro atoms. The van der Waals surface area contributed by atoms with E-state index in [1.165, 1.54) is 18.9 Å². The monoisotopic (exact) mass is 473 g/mol. The first kappa shape index (κ1) is 22.6. The average molecular weight is 474 g/mol. The average Bonchev–Trinajstić information content (AvgIpc) is 3.30. The van der Waals surface area contributed by atoms with Crippen molar-refractivity contribution >= 4 is 45.9 Å². The Morgan fingerprint density at radius 3 is 2.94 bits per heavy atom. The molecule has 168 valence electrons. The second-order valence-corrected chi connectivity index (χ2v) is 9.30. The number of carbonyl (C=O) groups excluding carboxylic acids is 1. The van der Waals surface area contributed by atoms with Crippen LogP contribution in [0.5, 0.6) is 5.75 Å². The van der Waals surface area contributed by atoms with Crippen LogP contribution in [0.2, 0.25) is 5.02 Å². The van der Waals surface area contributed by atoms with Crippen LogP contribution in [-0.4, -0.2) is 40.5 Å². The summed E-state index contributed by atoms with van der Waals surface area (Å²) in [6.45, 7) is 2.88. The Bertz CT molecular complexity index is 1190. The number of carbonyl (C=O) groups is 1. The van der Waals surface area contributed by atoms with E-state index in [1.54, 1.807) is 41.8 Å². The lowest BCUT2D eigenvalue weighted by Crippen LogP contribution is -2.30. The Kier molecular flexibility index (Phi) is 7.03. The largest absolute Gasteiger partial charge is 0.495 e. The maximum Gasteiger partial charge on any atom is 0.262 e. The molecule has 1 N–H and O–H groups in total. The van der Waals surface area contributed by atoms with Gasteiger partial charge in [-0.25, -0.2) is 4.98 Å². The third-order valence-corrected chi connectivity index (χ3v) is 6.63. The van der Waals surface area contributed by atoms with Crippen molar-refractivity contribution in [1.82, 2.24) is 9.55 Å². The molecular weight excluding hydrogens is 450 g/mol. The molecule has 7 nitrogen and oxygen atoms in total. The molecule has 2 atom stereocenters. The molecule has 32 heavy (non-hydrogen) atoms. The number of nitrogens with zero attached hydrogens (tertiary/aromatic N) is 2. The first-order valence-electron chi connectivity index (χ1n) is 10.4. The highest BCUT2D eigenvalue weighted by Crippen LogP contribution is 2.30. The molecule has 0 saturated carbocycles. The molecule has 0 bridgehead atoms. The fourth-order valence-electron chi connectivity index (χ4n) is 3.61. The van der Waals surface area contributed by atoms with Gasteiger partial charge in [-0.1, -0.05) is 35.5 Å². The standard InChI is InChI=1S/C23H24ClN3O4S/c1-14(21(28)25-19-12-15(24)9-10-20(19)30-2)32-23-26-18-8-4-3-7-17(18)22(29)27(23)13-16-6-5-11-31-16/h3-4,7-10,12,14,16H,5-6,11,13H2,1-2H3,(H,25,28)/t14-,16-/m1/s1. The van der Waals surface area contributed by atoms with E-state index >= 15 is 0 Å². The van der Waals surface area contributed by atoms with Crippen LogP contribution in [0.25, 0.3) is 10.9 Å². The van der Waals surface area contributed by atoms with Gasteiger partial charge in [-0.2, -0.15) is 0 Å². The van der Waals surface area contributed by atoms with Gasteiger partial charge in [0.15, 0.2) is 5.16 Å². The SMILES string of the molecule is COc1ccc(Cl)cc1NC(=O)[C@@H](C)Sc1nc2ccccc2c(=O)n1C[C@H]1CCCO1. The van der Waals surface area contributed by atoms with Gasteiger partial charge < -0.3 is 14.8 Å². The Hall–Kier alpha value is -2.55. The quantitative estimate of drug-likeness (QED) is 0.405. The molecule has 1 aliphatic heterocycles. The van der Waals surface area contributed by atoms with Crippen molar-refractivity contribution in [2.45, 2.75) is 42.8 Å². The van der Waals surface area contributed by atoms with Gasteiger partial charge in [-0.15, -0.1) is 0 Å². The van der Waals surface area contributed by atoms with Crippen molar-refractivity contribution in [1.29, 1.82) is 0 Å². The molecule has 9 heteroatoms. The van der Waals surface area contributed by atoms with E-state index < -0.39 is 5.25 Å². The number of aromatic nitrogens is 2. The number of anilines is 1. The van der Waals surface area contributed by atoms with Crippen LogP contribution in [0, 0.1) is 0 Å². The predicted octanol–water partition coefficient (Wildman–Crippen LogP) is 4.36. The molecule has 2 heterocycles. The molecule has 1 amide bonds. The zero-order valence-corrected chi connectivity index (χ0v) is 19.4. The molecule has 0 unspecified atom stereocenters. The lowest BCUT2D eigenvalue weighted by Gasteiger charge is -2.19. The number of hydrogen-bond acceptors (Lipinski definition) is 6. The molecule has 3 aromatic rings. The summed E-state index contributed by atoms with van der Waals surface area (Å²) >= 11 is 7.31. The highest BCUT2D eigenvalue weighted by Gasteiger charge is 2.23. The summed E-state index contributed by atoms with van der Waals surface area (Å²) in [6, 6.07) is 12.3. The van der Waals surface area contributed by atoms with Crippen LogP contribution in [0.3, 0.4) is 0 Å². The highest BCUT2D eigenvalue weighted by molar-refractivity contribution is 8.00. The minimum Gasteiger partial charge on any atom is -0.495 e. The minimum atomic E-state index is -0.525. The molecule has 0 aliphatic carbocycles. The van der Waals surface area contributed by atoms with Gasteiger partial charge in [-0.3, -0.25) is 14.2 Å². The normalized spacial score (nSPS) is 16.8. The fraction of sp³-hybridized carbons (Fsp3) is 0.348.